The maximum Gasteiger partial charge on any atom is 0.242 e. The molecule has 1 aromatic carbocycles. The van der Waals surface area contributed by atoms with Crippen molar-refractivity contribution in [3.8, 4) is 0 Å². The van der Waals surface area contributed by atoms with Crippen LogP contribution in [0.4, 0.5) is 0 Å². The van der Waals surface area contributed by atoms with Crippen LogP contribution in [-0.4, -0.2) is 22.0 Å². The molecule has 96 valence electrons. The van der Waals surface area contributed by atoms with Gasteiger partial charge in [-0.1, -0.05) is 30.1 Å². The lowest BCUT2D eigenvalue weighted by atomic mass is 10.2. The van der Waals surface area contributed by atoms with Crippen molar-refractivity contribution in [3.63, 3.8) is 0 Å². The summed E-state index contributed by atoms with van der Waals surface area (Å²) in [5.41, 5.74) is 0.579. The lowest BCUT2D eigenvalue weighted by Gasteiger charge is -2.12. The molecular formula is C10H14Cl2N2O2S. The first-order chi connectivity index (χ1) is 7.94. The highest BCUT2D eigenvalue weighted by molar-refractivity contribution is 7.89. The fourth-order valence-corrected chi connectivity index (χ4v) is 3.34. The highest BCUT2D eigenvalue weighted by Gasteiger charge is 2.20. The molecule has 0 bridgehead atoms. The highest BCUT2D eigenvalue weighted by Crippen LogP contribution is 2.30. The van der Waals surface area contributed by atoms with E-state index in [1.54, 1.807) is 14.0 Å². The van der Waals surface area contributed by atoms with E-state index in [0.717, 1.165) is 0 Å². The third-order valence-corrected chi connectivity index (χ3v) is 4.61. The van der Waals surface area contributed by atoms with Gasteiger partial charge >= 0.3 is 0 Å². The van der Waals surface area contributed by atoms with E-state index in [1.807, 2.05) is 0 Å². The number of rotatable bonds is 5. The van der Waals surface area contributed by atoms with Gasteiger partial charge in [-0.15, -0.1) is 0 Å². The molecule has 0 fully saturated rings. The lowest BCUT2D eigenvalue weighted by molar-refractivity contribution is 0.584. The maximum absolute atomic E-state index is 11.9. The van der Waals surface area contributed by atoms with Crippen molar-refractivity contribution in [1.82, 2.24) is 10.0 Å². The van der Waals surface area contributed by atoms with E-state index in [1.165, 1.54) is 12.1 Å². The fourth-order valence-electron chi connectivity index (χ4n) is 1.39. The Hall–Kier alpha value is -0.330. The van der Waals surface area contributed by atoms with Gasteiger partial charge in [-0.3, -0.25) is 0 Å². The van der Waals surface area contributed by atoms with Gasteiger partial charge in [-0.25, -0.2) is 13.1 Å². The van der Waals surface area contributed by atoms with Crippen LogP contribution in [0, 0.1) is 0 Å². The molecule has 2 N–H and O–H groups in total. The summed E-state index contributed by atoms with van der Waals surface area (Å²) in [5, 5.41) is 3.50. The van der Waals surface area contributed by atoms with E-state index in [0.29, 0.717) is 23.7 Å². The summed E-state index contributed by atoms with van der Waals surface area (Å²) < 4.78 is 26.1. The standard InChI is InChI=1S/C10H14Cl2N2O2S/c1-3-14-17(15,16)9-5-4-8(11)7(6-13-2)10(9)12/h4-5,13-14H,3,6H2,1-2H3. The van der Waals surface area contributed by atoms with Gasteiger partial charge in [0, 0.05) is 23.7 Å². The molecule has 0 amide bonds. The third-order valence-electron chi connectivity index (χ3n) is 2.13. The normalized spacial score (nSPS) is 11.8. The van der Waals surface area contributed by atoms with Gasteiger partial charge < -0.3 is 5.32 Å². The van der Waals surface area contributed by atoms with Crippen molar-refractivity contribution in [1.29, 1.82) is 0 Å². The summed E-state index contributed by atoms with van der Waals surface area (Å²) in [5.74, 6) is 0. The van der Waals surface area contributed by atoms with Crippen molar-refractivity contribution >= 4 is 33.2 Å². The predicted molar refractivity (Wildman–Crippen MR) is 70.1 cm³/mol. The largest absolute Gasteiger partial charge is 0.316 e. The van der Waals surface area contributed by atoms with Crippen LogP contribution in [0.15, 0.2) is 17.0 Å². The zero-order chi connectivity index (χ0) is 13.1. The van der Waals surface area contributed by atoms with Crippen LogP contribution in [0.25, 0.3) is 0 Å². The molecule has 0 radical (unpaired) electrons. The smallest absolute Gasteiger partial charge is 0.242 e. The van der Waals surface area contributed by atoms with Gasteiger partial charge in [0.25, 0.3) is 0 Å². The van der Waals surface area contributed by atoms with Crippen molar-refractivity contribution < 1.29 is 8.42 Å². The van der Waals surface area contributed by atoms with E-state index in [-0.39, 0.29) is 9.92 Å². The number of nitrogens with one attached hydrogen (secondary N) is 2. The summed E-state index contributed by atoms with van der Waals surface area (Å²) in [6.07, 6.45) is 0. The van der Waals surface area contributed by atoms with Gasteiger partial charge in [-0.05, 0) is 19.2 Å². The first-order valence-electron chi connectivity index (χ1n) is 5.05. The van der Waals surface area contributed by atoms with Gasteiger partial charge in [0.1, 0.15) is 4.90 Å². The van der Waals surface area contributed by atoms with Crippen LogP contribution >= 0.6 is 23.2 Å². The lowest BCUT2D eigenvalue weighted by Crippen LogP contribution is -2.24. The van der Waals surface area contributed by atoms with Gasteiger partial charge in [0.2, 0.25) is 10.0 Å². The molecule has 17 heavy (non-hydrogen) atoms. The Morgan fingerprint density at radius 1 is 1.29 bits per heavy atom. The van der Waals surface area contributed by atoms with Crippen molar-refractivity contribution in [3.05, 3.63) is 27.7 Å². The van der Waals surface area contributed by atoms with Crippen molar-refractivity contribution in [2.24, 2.45) is 0 Å². The molecule has 0 unspecified atom stereocenters. The molecule has 0 aliphatic heterocycles. The molecule has 0 heterocycles. The monoisotopic (exact) mass is 296 g/mol. The minimum absolute atomic E-state index is 0.0515. The van der Waals surface area contributed by atoms with E-state index >= 15 is 0 Å². The molecule has 0 saturated heterocycles. The molecule has 1 rings (SSSR count). The van der Waals surface area contributed by atoms with Crippen LogP contribution < -0.4 is 10.0 Å². The number of sulfonamides is 1. The van der Waals surface area contributed by atoms with E-state index in [9.17, 15) is 8.42 Å². The second-order valence-electron chi connectivity index (χ2n) is 3.37. The molecule has 4 nitrogen and oxygen atoms in total. The highest BCUT2D eigenvalue weighted by atomic mass is 35.5. The minimum Gasteiger partial charge on any atom is -0.316 e. The first kappa shape index (κ1) is 14.7. The zero-order valence-electron chi connectivity index (χ0n) is 9.55. The van der Waals surface area contributed by atoms with Crippen LogP contribution in [0.3, 0.4) is 0 Å². The zero-order valence-corrected chi connectivity index (χ0v) is 11.9. The predicted octanol–water partition coefficient (Wildman–Crippen LogP) is 2.01. The molecule has 0 saturated carbocycles. The summed E-state index contributed by atoms with van der Waals surface area (Å²) in [6, 6.07) is 2.94. The Morgan fingerprint density at radius 2 is 1.94 bits per heavy atom. The second kappa shape index (κ2) is 6.02. The second-order valence-corrected chi connectivity index (χ2v) is 5.89. The van der Waals surface area contributed by atoms with Crippen molar-refractivity contribution in [2.45, 2.75) is 18.4 Å². The molecule has 0 atom stereocenters. The average Bonchev–Trinajstić information content (AvgIpc) is 2.23. The number of hydrogen-bond donors (Lipinski definition) is 2. The Balaban J connectivity index is 3.33. The van der Waals surface area contributed by atoms with Crippen LogP contribution in [0.1, 0.15) is 12.5 Å². The van der Waals surface area contributed by atoms with E-state index in [2.05, 4.69) is 10.0 Å². The number of hydrogen-bond acceptors (Lipinski definition) is 3. The Labute approximate surface area is 111 Å². The van der Waals surface area contributed by atoms with Gasteiger partial charge in [0.15, 0.2) is 0 Å². The molecule has 0 spiro atoms. The van der Waals surface area contributed by atoms with E-state index < -0.39 is 10.0 Å². The van der Waals surface area contributed by atoms with Crippen LogP contribution in [0.5, 0.6) is 0 Å². The molecule has 7 heteroatoms. The quantitative estimate of drug-likeness (QED) is 0.874. The fraction of sp³-hybridized carbons (Fsp3) is 0.400. The topological polar surface area (TPSA) is 58.2 Å². The molecule has 0 aliphatic rings. The number of benzene rings is 1. The van der Waals surface area contributed by atoms with Crippen LogP contribution in [0.2, 0.25) is 10.0 Å². The Bertz CT molecular complexity index is 503. The van der Waals surface area contributed by atoms with Crippen LogP contribution in [-0.2, 0) is 16.6 Å². The molecular weight excluding hydrogens is 283 g/mol. The molecule has 0 aliphatic carbocycles. The minimum atomic E-state index is -3.57. The van der Waals surface area contributed by atoms with Crippen molar-refractivity contribution in [2.75, 3.05) is 13.6 Å². The van der Waals surface area contributed by atoms with E-state index in [4.69, 9.17) is 23.2 Å². The molecule has 0 aromatic heterocycles. The SMILES string of the molecule is CCNS(=O)(=O)c1ccc(Cl)c(CNC)c1Cl. The van der Waals surface area contributed by atoms with Gasteiger partial charge in [0.05, 0.1) is 5.02 Å². The summed E-state index contributed by atoms with van der Waals surface area (Å²) >= 11 is 12.0. The third kappa shape index (κ3) is 3.33. The maximum atomic E-state index is 11.9. The van der Waals surface area contributed by atoms with Gasteiger partial charge in [-0.2, -0.15) is 0 Å². The number of halogens is 2. The summed E-state index contributed by atoms with van der Waals surface area (Å²) in [7, 11) is -1.83. The molecule has 1 aromatic rings. The average molecular weight is 297 g/mol. The Morgan fingerprint density at radius 3 is 2.47 bits per heavy atom. The summed E-state index contributed by atoms with van der Waals surface area (Å²) in [4.78, 5) is 0.0515. The summed E-state index contributed by atoms with van der Waals surface area (Å²) in [6.45, 7) is 2.42. The Kier molecular flexibility index (Phi) is 5.22. The first-order valence-corrected chi connectivity index (χ1v) is 7.29.